The van der Waals surface area contributed by atoms with Crippen LogP contribution in [0.5, 0.6) is 5.75 Å². The quantitative estimate of drug-likeness (QED) is 0.796. The number of benzene rings is 1. The summed E-state index contributed by atoms with van der Waals surface area (Å²) in [7, 11) is 0. The molecule has 0 aliphatic carbocycles. The monoisotopic (exact) mass is 405 g/mol. The number of rotatable bonds is 5. The van der Waals surface area contributed by atoms with Crippen LogP contribution >= 0.6 is 12.4 Å². The van der Waals surface area contributed by atoms with Gasteiger partial charge in [-0.1, -0.05) is 22.9 Å². The third-order valence-corrected chi connectivity index (χ3v) is 5.39. The average Bonchev–Trinajstić information content (AvgIpc) is 3.09. The molecule has 1 saturated heterocycles. The molecule has 28 heavy (non-hydrogen) atoms. The van der Waals surface area contributed by atoms with Crippen molar-refractivity contribution in [3.8, 4) is 5.75 Å². The molecule has 152 valence electrons. The van der Waals surface area contributed by atoms with Gasteiger partial charge >= 0.3 is 0 Å². The number of hydrogen-bond acceptors (Lipinski definition) is 5. The smallest absolute Gasteiger partial charge is 0.242 e. The van der Waals surface area contributed by atoms with Gasteiger partial charge in [-0.05, 0) is 51.3 Å². The largest absolute Gasteiger partial charge is 0.493 e. The van der Waals surface area contributed by atoms with Gasteiger partial charge in [0.25, 0.3) is 0 Å². The van der Waals surface area contributed by atoms with Gasteiger partial charge in [-0.25, -0.2) is 4.68 Å². The van der Waals surface area contributed by atoms with Crippen LogP contribution < -0.4 is 15.4 Å². The minimum Gasteiger partial charge on any atom is -0.493 e. The summed E-state index contributed by atoms with van der Waals surface area (Å²) in [4.78, 5) is 12.5. The Morgan fingerprint density at radius 1 is 1.32 bits per heavy atom. The van der Waals surface area contributed by atoms with Crippen molar-refractivity contribution in [3.63, 3.8) is 0 Å². The maximum atomic E-state index is 12.5. The molecule has 1 unspecified atom stereocenters. The van der Waals surface area contributed by atoms with E-state index in [4.69, 9.17) is 4.74 Å². The molecule has 1 fully saturated rings. The number of piperidine rings is 1. The summed E-state index contributed by atoms with van der Waals surface area (Å²) < 4.78 is 7.34. The second-order valence-electron chi connectivity index (χ2n) is 7.60. The van der Waals surface area contributed by atoms with Gasteiger partial charge in [0.1, 0.15) is 12.3 Å². The molecule has 3 heterocycles. The number of amides is 1. The number of nitrogens with one attached hydrogen (secondary N) is 2. The minimum absolute atomic E-state index is 0. The molecular weight excluding hydrogens is 378 g/mol. The van der Waals surface area contributed by atoms with Gasteiger partial charge in [0, 0.05) is 18.2 Å². The third-order valence-electron chi connectivity index (χ3n) is 5.39. The van der Waals surface area contributed by atoms with Crippen molar-refractivity contribution in [1.82, 2.24) is 25.6 Å². The van der Waals surface area contributed by atoms with Crippen LogP contribution in [-0.2, 0) is 17.8 Å². The normalized spacial score (nSPS) is 19.2. The van der Waals surface area contributed by atoms with Crippen LogP contribution in [0.3, 0.4) is 0 Å². The highest BCUT2D eigenvalue weighted by atomic mass is 35.5. The molecule has 1 amide bonds. The lowest BCUT2D eigenvalue weighted by atomic mass is 9.93. The number of nitrogens with zero attached hydrogens (tertiary/aromatic N) is 3. The first kappa shape index (κ1) is 20.6. The Balaban J connectivity index is 0.00000225. The fourth-order valence-corrected chi connectivity index (χ4v) is 3.94. The zero-order valence-electron chi connectivity index (χ0n) is 16.2. The zero-order valence-corrected chi connectivity index (χ0v) is 17.0. The number of carbonyl (C=O) groups excluding carboxylic acids is 1. The number of ether oxygens (including phenoxy) is 1. The number of aryl methyl sites for hydroxylation is 1. The molecule has 0 radical (unpaired) electrons. The second kappa shape index (κ2) is 9.39. The molecule has 1 aromatic heterocycles. The lowest BCUT2D eigenvalue weighted by Gasteiger charge is -2.27. The summed E-state index contributed by atoms with van der Waals surface area (Å²) in [6.07, 6.45) is 5.98. The van der Waals surface area contributed by atoms with Gasteiger partial charge in [-0.15, -0.1) is 17.5 Å². The van der Waals surface area contributed by atoms with E-state index in [2.05, 4.69) is 27.0 Å². The van der Waals surface area contributed by atoms with Crippen molar-refractivity contribution in [3.05, 3.63) is 41.2 Å². The van der Waals surface area contributed by atoms with Crippen LogP contribution in [0.1, 0.15) is 42.1 Å². The van der Waals surface area contributed by atoms with Crippen LogP contribution in [0.4, 0.5) is 0 Å². The second-order valence-corrected chi connectivity index (χ2v) is 7.60. The molecule has 1 aromatic carbocycles. The van der Waals surface area contributed by atoms with E-state index < -0.39 is 0 Å². The summed E-state index contributed by atoms with van der Waals surface area (Å²) in [6, 6.07) is 6.08. The van der Waals surface area contributed by atoms with E-state index in [0.717, 1.165) is 48.5 Å². The Hall–Kier alpha value is -2.12. The molecule has 0 saturated carbocycles. The molecule has 2 aliphatic heterocycles. The average molecular weight is 406 g/mol. The SMILES string of the molecule is Cc1ccc2c(c1)C(NC(=O)Cn1cc(CC3CCNCC3)nn1)CCO2.Cl. The first-order valence-electron chi connectivity index (χ1n) is 9.80. The first-order chi connectivity index (χ1) is 13.2. The number of hydrogen-bond donors (Lipinski definition) is 2. The minimum atomic E-state index is -0.0485. The van der Waals surface area contributed by atoms with E-state index in [9.17, 15) is 4.79 Å². The predicted octanol–water partition coefficient (Wildman–Crippen LogP) is 2.19. The van der Waals surface area contributed by atoms with Crippen molar-refractivity contribution < 1.29 is 9.53 Å². The summed E-state index contributed by atoms with van der Waals surface area (Å²) in [5, 5.41) is 14.9. The van der Waals surface area contributed by atoms with E-state index in [1.807, 2.05) is 25.3 Å². The molecule has 2 aromatic rings. The van der Waals surface area contributed by atoms with Gasteiger partial charge < -0.3 is 15.4 Å². The summed E-state index contributed by atoms with van der Waals surface area (Å²) in [5.41, 5.74) is 3.19. The maximum Gasteiger partial charge on any atom is 0.242 e. The van der Waals surface area contributed by atoms with E-state index in [-0.39, 0.29) is 30.9 Å². The molecule has 2 aliphatic rings. The highest BCUT2D eigenvalue weighted by Crippen LogP contribution is 2.32. The third kappa shape index (κ3) is 5.02. The molecular formula is C20H28ClN5O2. The van der Waals surface area contributed by atoms with Gasteiger partial charge in [0.2, 0.25) is 5.91 Å². The van der Waals surface area contributed by atoms with Gasteiger partial charge in [0.15, 0.2) is 0 Å². The van der Waals surface area contributed by atoms with E-state index in [1.165, 1.54) is 12.8 Å². The summed E-state index contributed by atoms with van der Waals surface area (Å²) in [5.74, 6) is 1.47. The van der Waals surface area contributed by atoms with Crippen molar-refractivity contribution >= 4 is 18.3 Å². The highest BCUT2D eigenvalue weighted by molar-refractivity contribution is 5.85. The fourth-order valence-electron chi connectivity index (χ4n) is 3.94. The van der Waals surface area contributed by atoms with Crippen molar-refractivity contribution in [2.24, 2.45) is 5.92 Å². The van der Waals surface area contributed by atoms with Crippen molar-refractivity contribution in [2.75, 3.05) is 19.7 Å². The lowest BCUT2D eigenvalue weighted by molar-refractivity contribution is -0.122. The zero-order chi connectivity index (χ0) is 18.6. The van der Waals surface area contributed by atoms with Crippen LogP contribution in [0.15, 0.2) is 24.4 Å². The standard InChI is InChI=1S/C20H27N5O2.ClH/c1-14-2-3-19-17(10-14)18(6-9-27-19)22-20(26)13-25-12-16(23-24-25)11-15-4-7-21-8-5-15;/h2-3,10,12,15,18,21H,4-9,11,13H2,1H3,(H,22,26);1H. The Morgan fingerprint density at radius 3 is 2.96 bits per heavy atom. The molecule has 7 nitrogen and oxygen atoms in total. The summed E-state index contributed by atoms with van der Waals surface area (Å²) in [6.45, 7) is 5.01. The number of carbonyl (C=O) groups is 1. The van der Waals surface area contributed by atoms with Crippen LogP contribution in [-0.4, -0.2) is 40.6 Å². The van der Waals surface area contributed by atoms with Gasteiger partial charge in [-0.3, -0.25) is 4.79 Å². The maximum absolute atomic E-state index is 12.5. The van der Waals surface area contributed by atoms with Crippen molar-refractivity contribution in [2.45, 2.75) is 45.2 Å². The van der Waals surface area contributed by atoms with Crippen LogP contribution in [0, 0.1) is 12.8 Å². The van der Waals surface area contributed by atoms with E-state index >= 15 is 0 Å². The van der Waals surface area contributed by atoms with E-state index in [0.29, 0.717) is 12.5 Å². The molecule has 4 rings (SSSR count). The summed E-state index contributed by atoms with van der Waals surface area (Å²) >= 11 is 0. The van der Waals surface area contributed by atoms with Gasteiger partial charge in [0.05, 0.1) is 18.3 Å². The Kier molecular flexibility index (Phi) is 6.91. The number of fused-ring (bicyclic) bond motifs is 1. The topological polar surface area (TPSA) is 81.1 Å². The fraction of sp³-hybridized carbons (Fsp3) is 0.550. The first-order valence-corrected chi connectivity index (χ1v) is 9.80. The Bertz CT molecular complexity index is 804. The highest BCUT2D eigenvalue weighted by Gasteiger charge is 2.23. The van der Waals surface area contributed by atoms with Gasteiger partial charge in [-0.2, -0.15) is 0 Å². The number of halogens is 1. The molecule has 0 bridgehead atoms. The Morgan fingerprint density at radius 2 is 2.14 bits per heavy atom. The molecule has 0 spiro atoms. The van der Waals surface area contributed by atoms with Crippen LogP contribution in [0.2, 0.25) is 0 Å². The molecule has 1 atom stereocenters. The lowest BCUT2D eigenvalue weighted by Crippen LogP contribution is -2.34. The molecule has 8 heteroatoms. The Labute approximate surface area is 171 Å². The van der Waals surface area contributed by atoms with E-state index in [1.54, 1.807) is 4.68 Å². The molecule has 2 N–H and O–H groups in total. The predicted molar refractivity (Wildman–Crippen MR) is 109 cm³/mol. The van der Waals surface area contributed by atoms with Crippen molar-refractivity contribution in [1.29, 1.82) is 0 Å². The number of aromatic nitrogens is 3. The van der Waals surface area contributed by atoms with Crippen LogP contribution in [0.25, 0.3) is 0 Å².